The summed E-state index contributed by atoms with van der Waals surface area (Å²) in [5.41, 5.74) is 1.61. The van der Waals surface area contributed by atoms with Crippen molar-refractivity contribution in [2.24, 2.45) is 0 Å². The second-order valence-corrected chi connectivity index (χ2v) is 3.69. The van der Waals surface area contributed by atoms with Crippen molar-refractivity contribution in [3.63, 3.8) is 0 Å². The van der Waals surface area contributed by atoms with Crippen molar-refractivity contribution in [3.05, 3.63) is 22.7 Å². The Kier molecular flexibility index (Phi) is 4.24. The summed E-state index contributed by atoms with van der Waals surface area (Å²) in [6.07, 6.45) is 0. The summed E-state index contributed by atoms with van der Waals surface area (Å²) >= 11 is 6.10. The molecule has 0 radical (unpaired) electrons. The number of benzene rings is 1. The van der Waals surface area contributed by atoms with Crippen LogP contribution in [0.2, 0.25) is 5.02 Å². The lowest BCUT2D eigenvalue weighted by Crippen LogP contribution is -2.16. The van der Waals surface area contributed by atoms with Crippen molar-refractivity contribution in [2.45, 2.75) is 13.5 Å². The van der Waals surface area contributed by atoms with Crippen LogP contribution in [0.15, 0.2) is 12.1 Å². The molecule has 0 aliphatic rings. The molecule has 0 atom stereocenters. The fraction of sp³-hybridized carbons (Fsp3) is 0.455. The molecule has 4 heteroatoms. The predicted molar refractivity (Wildman–Crippen MR) is 62.9 cm³/mol. The van der Waals surface area contributed by atoms with E-state index in [0.717, 1.165) is 12.2 Å². The lowest BCUT2D eigenvalue weighted by atomic mass is 10.2. The summed E-state index contributed by atoms with van der Waals surface area (Å²) in [7, 11) is 3.54. The fourth-order valence-corrected chi connectivity index (χ4v) is 1.69. The highest BCUT2D eigenvalue weighted by atomic mass is 35.5. The van der Waals surface area contributed by atoms with Gasteiger partial charge in [0.25, 0.3) is 0 Å². The normalized spacial score (nSPS) is 10.2. The Bertz CT molecular complexity index is 342. The average Bonchev–Trinajstić information content (AvgIpc) is 2.27. The SMILES string of the molecule is CCN(C)c1cc(OC)c(CO)cc1Cl. The number of methoxy groups -OCH3 is 1. The monoisotopic (exact) mass is 229 g/mol. The zero-order valence-electron chi connectivity index (χ0n) is 9.25. The molecule has 3 nitrogen and oxygen atoms in total. The van der Waals surface area contributed by atoms with Gasteiger partial charge in [-0.2, -0.15) is 0 Å². The Labute approximate surface area is 95.2 Å². The highest BCUT2D eigenvalue weighted by Crippen LogP contribution is 2.32. The summed E-state index contributed by atoms with van der Waals surface area (Å²) in [6.45, 7) is 2.84. The van der Waals surface area contributed by atoms with Gasteiger partial charge in [0.15, 0.2) is 0 Å². The van der Waals surface area contributed by atoms with Gasteiger partial charge >= 0.3 is 0 Å². The van der Waals surface area contributed by atoms with E-state index in [-0.39, 0.29) is 6.61 Å². The summed E-state index contributed by atoms with van der Waals surface area (Å²) in [5.74, 6) is 0.664. The maximum atomic E-state index is 9.11. The topological polar surface area (TPSA) is 32.7 Å². The van der Waals surface area contributed by atoms with Crippen molar-refractivity contribution < 1.29 is 9.84 Å². The van der Waals surface area contributed by atoms with Crippen molar-refractivity contribution in [1.82, 2.24) is 0 Å². The molecule has 15 heavy (non-hydrogen) atoms. The average molecular weight is 230 g/mol. The Balaban J connectivity index is 3.19. The van der Waals surface area contributed by atoms with Crippen LogP contribution in [0.1, 0.15) is 12.5 Å². The quantitative estimate of drug-likeness (QED) is 0.860. The minimum Gasteiger partial charge on any atom is -0.496 e. The molecule has 0 unspecified atom stereocenters. The van der Waals surface area contributed by atoms with E-state index in [2.05, 4.69) is 0 Å². The van der Waals surface area contributed by atoms with E-state index >= 15 is 0 Å². The van der Waals surface area contributed by atoms with Crippen molar-refractivity contribution in [1.29, 1.82) is 0 Å². The van der Waals surface area contributed by atoms with E-state index in [9.17, 15) is 0 Å². The van der Waals surface area contributed by atoms with E-state index in [1.807, 2.05) is 24.9 Å². The van der Waals surface area contributed by atoms with Gasteiger partial charge in [-0.3, -0.25) is 0 Å². The van der Waals surface area contributed by atoms with Gasteiger partial charge in [-0.25, -0.2) is 0 Å². The van der Waals surface area contributed by atoms with Gasteiger partial charge in [-0.05, 0) is 13.0 Å². The highest BCUT2D eigenvalue weighted by molar-refractivity contribution is 6.33. The number of aliphatic hydroxyl groups is 1. The number of aliphatic hydroxyl groups excluding tert-OH is 1. The van der Waals surface area contributed by atoms with Gasteiger partial charge in [0.1, 0.15) is 5.75 Å². The summed E-state index contributed by atoms with van der Waals surface area (Å²) < 4.78 is 5.18. The summed E-state index contributed by atoms with van der Waals surface area (Å²) in [4.78, 5) is 2.02. The zero-order valence-corrected chi connectivity index (χ0v) is 10.0. The molecule has 1 aromatic carbocycles. The molecular formula is C11H16ClNO2. The largest absolute Gasteiger partial charge is 0.496 e. The smallest absolute Gasteiger partial charge is 0.126 e. The molecule has 1 aromatic rings. The Hall–Kier alpha value is -0.930. The van der Waals surface area contributed by atoms with Crippen molar-refractivity contribution in [3.8, 4) is 5.75 Å². The lowest BCUT2D eigenvalue weighted by Gasteiger charge is -2.20. The van der Waals surface area contributed by atoms with Crippen LogP contribution >= 0.6 is 11.6 Å². The molecule has 0 amide bonds. The van der Waals surface area contributed by atoms with Crippen LogP contribution in [0.25, 0.3) is 0 Å². The molecule has 0 aromatic heterocycles. The van der Waals surface area contributed by atoms with E-state index in [1.54, 1.807) is 13.2 Å². The Morgan fingerprint density at radius 3 is 2.60 bits per heavy atom. The van der Waals surface area contributed by atoms with Crippen molar-refractivity contribution in [2.75, 3.05) is 25.6 Å². The first-order valence-corrected chi connectivity index (χ1v) is 5.20. The first-order valence-electron chi connectivity index (χ1n) is 4.82. The Morgan fingerprint density at radius 1 is 1.47 bits per heavy atom. The summed E-state index contributed by atoms with van der Waals surface area (Å²) in [5, 5.41) is 9.74. The number of hydrogen-bond acceptors (Lipinski definition) is 3. The van der Waals surface area contributed by atoms with E-state index < -0.39 is 0 Å². The van der Waals surface area contributed by atoms with E-state index in [0.29, 0.717) is 16.3 Å². The molecule has 1 rings (SSSR count). The molecule has 0 saturated carbocycles. The first-order chi connectivity index (χ1) is 7.13. The molecule has 84 valence electrons. The number of rotatable bonds is 4. The van der Waals surface area contributed by atoms with Gasteiger partial charge in [0, 0.05) is 25.2 Å². The second kappa shape index (κ2) is 5.24. The van der Waals surface area contributed by atoms with Crippen LogP contribution in [0.3, 0.4) is 0 Å². The van der Waals surface area contributed by atoms with Crippen LogP contribution in [-0.2, 0) is 6.61 Å². The molecule has 0 aliphatic heterocycles. The molecule has 0 spiro atoms. The van der Waals surface area contributed by atoms with Crippen molar-refractivity contribution >= 4 is 17.3 Å². The predicted octanol–water partition coefficient (Wildman–Crippen LogP) is 2.30. The molecule has 0 fully saturated rings. The molecule has 0 heterocycles. The third-order valence-corrected chi connectivity index (χ3v) is 2.71. The second-order valence-electron chi connectivity index (χ2n) is 3.29. The van der Waals surface area contributed by atoms with Crippen LogP contribution in [0.4, 0.5) is 5.69 Å². The van der Waals surface area contributed by atoms with Gasteiger partial charge in [0.2, 0.25) is 0 Å². The minimum atomic E-state index is -0.0704. The van der Waals surface area contributed by atoms with Gasteiger partial charge in [-0.15, -0.1) is 0 Å². The van der Waals surface area contributed by atoms with Gasteiger partial charge in [0.05, 0.1) is 24.4 Å². The summed E-state index contributed by atoms with van der Waals surface area (Å²) in [6, 6.07) is 3.58. The number of ether oxygens (including phenoxy) is 1. The molecule has 0 bridgehead atoms. The van der Waals surface area contributed by atoms with Gasteiger partial charge in [-0.1, -0.05) is 11.6 Å². The van der Waals surface area contributed by atoms with E-state index in [1.165, 1.54) is 0 Å². The number of halogens is 1. The lowest BCUT2D eigenvalue weighted by molar-refractivity contribution is 0.274. The molecule has 1 N–H and O–H groups in total. The standard InChI is InChI=1S/C11H16ClNO2/c1-4-13(2)10-6-11(15-3)8(7-14)5-9(10)12/h5-6,14H,4,7H2,1-3H3. The van der Waals surface area contributed by atoms with Gasteiger partial charge < -0.3 is 14.7 Å². The Morgan fingerprint density at radius 2 is 2.13 bits per heavy atom. The van der Waals surface area contributed by atoms with Crippen LogP contribution in [-0.4, -0.2) is 25.8 Å². The molecular weight excluding hydrogens is 214 g/mol. The minimum absolute atomic E-state index is 0.0704. The number of hydrogen-bond donors (Lipinski definition) is 1. The molecule has 0 saturated heterocycles. The molecule has 0 aliphatic carbocycles. The maximum absolute atomic E-state index is 9.11. The van der Waals surface area contributed by atoms with Crippen LogP contribution in [0, 0.1) is 0 Å². The van der Waals surface area contributed by atoms with E-state index in [4.69, 9.17) is 21.4 Å². The fourth-order valence-electron chi connectivity index (χ4n) is 1.36. The number of nitrogens with zero attached hydrogens (tertiary/aromatic N) is 1. The number of anilines is 1. The highest BCUT2D eigenvalue weighted by Gasteiger charge is 2.10. The zero-order chi connectivity index (χ0) is 11.4. The third kappa shape index (κ3) is 2.55. The first kappa shape index (κ1) is 12.1. The van der Waals surface area contributed by atoms with Crippen LogP contribution in [0.5, 0.6) is 5.75 Å². The maximum Gasteiger partial charge on any atom is 0.126 e. The van der Waals surface area contributed by atoms with Crippen LogP contribution < -0.4 is 9.64 Å². The third-order valence-electron chi connectivity index (χ3n) is 2.41.